The van der Waals surface area contributed by atoms with Crippen LogP contribution in [0, 0.1) is 0 Å². The third-order valence-corrected chi connectivity index (χ3v) is 2.88. The van der Waals surface area contributed by atoms with Gasteiger partial charge in [-0.2, -0.15) is 0 Å². The summed E-state index contributed by atoms with van der Waals surface area (Å²) in [4.78, 5) is 15.7. The van der Waals surface area contributed by atoms with Crippen LogP contribution in [0.4, 0.5) is 5.69 Å². The van der Waals surface area contributed by atoms with Gasteiger partial charge in [-0.3, -0.25) is 4.79 Å². The van der Waals surface area contributed by atoms with Gasteiger partial charge in [0.05, 0.1) is 5.69 Å². The fraction of sp³-hybridized carbons (Fsp3) is 0. The number of nitrogens with zero attached hydrogens (tertiary/aromatic N) is 1. The summed E-state index contributed by atoms with van der Waals surface area (Å²) < 4.78 is 0. The smallest absolute Gasteiger partial charge is 0.255 e. The molecule has 1 amide bonds. The van der Waals surface area contributed by atoms with Gasteiger partial charge >= 0.3 is 0 Å². The molecule has 0 radical (unpaired) electrons. The van der Waals surface area contributed by atoms with Crippen molar-refractivity contribution in [3.63, 3.8) is 0 Å². The average Bonchev–Trinajstić information content (AvgIpc) is 2.32. The van der Waals surface area contributed by atoms with Crippen molar-refractivity contribution in [1.29, 1.82) is 0 Å². The highest BCUT2D eigenvalue weighted by atomic mass is 35.5. The standard InChI is InChI=1S/C12H7Cl3N2O/c13-8-3-1-2-7(6-8)12(18)16-9-4-5-10(14)17-11(9)15/h1-6H,(H,16,18). The Morgan fingerprint density at radius 3 is 2.56 bits per heavy atom. The maximum Gasteiger partial charge on any atom is 0.255 e. The van der Waals surface area contributed by atoms with Crippen molar-refractivity contribution in [2.45, 2.75) is 0 Å². The number of halogens is 3. The molecule has 0 aliphatic heterocycles. The molecule has 1 aromatic carbocycles. The molecule has 2 rings (SSSR count). The van der Waals surface area contributed by atoms with E-state index in [1.807, 2.05) is 0 Å². The second-order valence-corrected chi connectivity index (χ2v) is 4.62. The van der Waals surface area contributed by atoms with Crippen LogP contribution in [0.3, 0.4) is 0 Å². The largest absolute Gasteiger partial charge is 0.319 e. The van der Waals surface area contributed by atoms with E-state index >= 15 is 0 Å². The Morgan fingerprint density at radius 2 is 1.89 bits per heavy atom. The van der Waals surface area contributed by atoms with E-state index in [2.05, 4.69) is 10.3 Å². The minimum Gasteiger partial charge on any atom is -0.319 e. The zero-order valence-corrected chi connectivity index (χ0v) is 11.2. The molecular weight excluding hydrogens is 295 g/mol. The van der Waals surface area contributed by atoms with Gasteiger partial charge in [-0.1, -0.05) is 40.9 Å². The fourth-order valence-electron chi connectivity index (χ4n) is 1.33. The first-order valence-corrected chi connectivity index (χ1v) is 6.08. The van der Waals surface area contributed by atoms with Gasteiger partial charge < -0.3 is 5.32 Å². The first-order valence-electron chi connectivity index (χ1n) is 4.95. The monoisotopic (exact) mass is 300 g/mol. The highest BCUT2D eigenvalue weighted by molar-refractivity contribution is 6.34. The van der Waals surface area contributed by atoms with Crippen molar-refractivity contribution in [2.75, 3.05) is 5.32 Å². The lowest BCUT2D eigenvalue weighted by Gasteiger charge is -2.06. The summed E-state index contributed by atoms with van der Waals surface area (Å²) in [6, 6.07) is 9.72. The van der Waals surface area contributed by atoms with E-state index in [-0.39, 0.29) is 16.2 Å². The lowest BCUT2D eigenvalue weighted by Crippen LogP contribution is -2.12. The molecule has 0 fully saturated rings. The summed E-state index contributed by atoms with van der Waals surface area (Å²) in [5.41, 5.74) is 0.833. The molecule has 0 bridgehead atoms. The summed E-state index contributed by atoms with van der Waals surface area (Å²) in [6.45, 7) is 0. The number of amides is 1. The fourth-order valence-corrected chi connectivity index (χ4v) is 1.91. The van der Waals surface area contributed by atoms with Crippen molar-refractivity contribution in [3.8, 4) is 0 Å². The third-order valence-electron chi connectivity index (χ3n) is 2.15. The van der Waals surface area contributed by atoms with Gasteiger partial charge in [-0.05, 0) is 30.3 Å². The SMILES string of the molecule is O=C(Nc1ccc(Cl)nc1Cl)c1cccc(Cl)c1. The van der Waals surface area contributed by atoms with Crippen LogP contribution >= 0.6 is 34.8 Å². The Bertz CT molecular complexity index is 602. The summed E-state index contributed by atoms with van der Waals surface area (Å²) in [6.07, 6.45) is 0. The lowest BCUT2D eigenvalue weighted by atomic mass is 10.2. The first kappa shape index (κ1) is 13.1. The molecular formula is C12H7Cl3N2O. The topological polar surface area (TPSA) is 42.0 Å². The number of carbonyl (C=O) groups is 1. The highest BCUT2D eigenvalue weighted by Crippen LogP contribution is 2.22. The normalized spacial score (nSPS) is 10.2. The zero-order chi connectivity index (χ0) is 13.1. The van der Waals surface area contributed by atoms with Crippen LogP contribution < -0.4 is 5.32 Å². The van der Waals surface area contributed by atoms with Crippen molar-refractivity contribution >= 4 is 46.4 Å². The second-order valence-electron chi connectivity index (χ2n) is 3.44. The van der Waals surface area contributed by atoms with E-state index in [1.165, 1.54) is 0 Å². The van der Waals surface area contributed by atoms with E-state index in [0.717, 1.165) is 0 Å². The van der Waals surface area contributed by atoms with Crippen LogP contribution in [0.1, 0.15) is 10.4 Å². The number of aromatic nitrogens is 1. The van der Waals surface area contributed by atoms with Crippen LogP contribution in [0.5, 0.6) is 0 Å². The number of carbonyl (C=O) groups excluding carboxylic acids is 1. The van der Waals surface area contributed by atoms with Crippen LogP contribution in [0.2, 0.25) is 15.3 Å². The molecule has 0 saturated carbocycles. The van der Waals surface area contributed by atoms with Crippen molar-refractivity contribution in [1.82, 2.24) is 4.98 Å². The molecule has 18 heavy (non-hydrogen) atoms. The van der Waals surface area contributed by atoms with Crippen LogP contribution in [0.15, 0.2) is 36.4 Å². The van der Waals surface area contributed by atoms with Crippen LogP contribution in [-0.4, -0.2) is 10.9 Å². The molecule has 0 atom stereocenters. The van der Waals surface area contributed by atoms with E-state index < -0.39 is 0 Å². The number of hydrogen-bond donors (Lipinski definition) is 1. The number of anilines is 1. The molecule has 0 unspecified atom stereocenters. The number of pyridine rings is 1. The van der Waals surface area contributed by atoms with E-state index in [0.29, 0.717) is 16.3 Å². The number of nitrogens with one attached hydrogen (secondary N) is 1. The Labute approximate surface area is 119 Å². The lowest BCUT2D eigenvalue weighted by molar-refractivity contribution is 0.102. The quantitative estimate of drug-likeness (QED) is 0.841. The molecule has 6 heteroatoms. The van der Waals surface area contributed by atoms with Gasteiger partial charge in [-0.15, -0.1) is 0 Å². The Kier molecular flexibility index (Phi) is 4.07. The molecule has 0 aliphatic rings. The number of rotatable bonds is 2. The average molecular weight is 302 g/mol. The summed E-state index contributed by atoms with van der Waals surface area (Å²) >= 11 is 17.3. The molecule has 1 aromatic heterocycles. The Balaban J connectivity index is 2.21. The summed E-state index contributed by atoms with van der Waals surface area (Å²) in [5, 5.41) is 3.52. The Morgan fingerprint density at radius 1 is 1.11 bits per heavy atom. The van der Waals surface area contributed by atoms with Crippen LogP contribution in [0.25, 0.3) is 0 Å². The summed E-state index contributed by atoms with van der Waals surface area (Å²) in [7, 11) is 0. The molecule has 0 saturated heterocycles. The second kappa shape index (κ2) is 5.57. The van der Waals surface area contributed by atoms with Gasteiger partial charge in [-0.25, -0.2) is 4.98 Å². The summed E-state index contributed by atoms with van der Waals surface area (Å²) in [5.74, 6) is -0.316. The predicted molar refractivity (Wildman–Crippen MR) is 73.7 cm³/mol. The van der Waals surface area contributed by atoms with E-state index in [4.69, 9.17) is 34.8 Å². The molecule has 0 aliphatic carbocycles. The molecule has 92 valence electrons. The minimum atomic E-state index is -0.316. The van der Waals surface area contributed by atoms with Gasteiger partial charge in [0, 0.05) is 10.6 Å². The van der Waals surface area contributed by atoms with Gasteiger partial charge in [0.1, 0.15) is 5.15 Å². The molecule has 1 heterocycles. The van der Waals surface area contributed by atoms with Crippen LogP contribution in [-0.2, 0) is 0 Å². The zero-order valence-electron chi connectivity index (χ0n) is 8.95. The van der Waals surface area contributed by atoms with Crippen molar-refractivity contribution in [2.24, 2.45) is 0 Å². The Hall–Kier alpha value is -1.29. The third kappa shape index (κ3) is 3.13. The number of hydrogen-bond acceptors (Lipinski definition) is 2. The molecule has 3 nitrogen and oxygen atoms in total. The molecule has 2 aromatic rings. The maximum absolute atomic E-state index is 11.9. The highest BCUT2D eigenvalue weighted by Gasteiger charge is 2.09. The predicted octanol–water partition coefficient (Wildman–Crippen LogP) is 4.29. The van der Waals surface area contributed by atoms with Crippen molar-refractivity contribution in [3.05, 3.63) is 57.3 Å². The van der Waals surface area contributed by atoms with E-state index in [9.17, 15) is 4.79 Å². The van der Waals surface area contributed by atoms with E-state index in [1.54, 1.807) is 36.4 Å². The molecule has 0 spiro atoms. The number of benzene rings is 1. The first-order chi connectivity index (χ1) is 8.56. The van der Waals surface area contributed by atoms with Gasteiger partial charge in [0.15, 0.2) is 5.15 Å². The van der Waals surface area contributed by atoms with Crippen molar-refractivity contribution < 1.29 is 4.79 Å². The van der Waals surface area contributed by atoms with Gasteiger partial charge in [0.25, 0.3) is 5.91 Å². The maximum atomic E-state index is 11.9. The van der Waals surface area contributed by atoms with Gasteiger partial charge in [0.2, 0.25) is 0 Å². The minimum absolute atomic E-state index is 0.137. The molecule has 1 N–H and O–H groups in total.